The third kappa shape index (κ3) is 4.26. The smallest absolute Gasteiger partial charge is 0.127 e. The van der Waals surface area contributed by atoms with Crippen molar-refractivity contribution in [3.05, 3.63) is 58.6 Å². The van der Waals surface area contributed by atoms with Gasteiger partial charge in [0, 0.05) is 17.6 Å². The molecular weight excluding hydrogens is 270 g/mol. The van der Waals surface area contributed by atoms with Crippen molar-refractivity contribution in [3.8, 4) is 11.5 Å². The minimum atomic E-state index is 0.471. The molecule has 0 spiro atoms. The number of ether oxygens (including phenoxy) is 1. The number of aryl methyl sites for hydroxylation is 1. The Labute approximate surface area is 125 Å². The van der Waals surface area contributed by atoms with E-state index < -0.39 is 0 Å². The molecule has 2 nitrogen and oxygen atoms in total. The van der Waals surface area contributed by atoms with Gasteiger partial charge in [-0.3, -0.25) is 0 Å². The summed E-state index contributed by atoms with van der Waals surface area (Å²) in [4.78, 5) is 0. The van der Waals surface area contributed by atoms with E-state index in [1.807, 2.05) is 37.3 Å². The van der Waals surface area contributed by atoms with Crippen molar-refractivity contribution in [3.63, 3.8) is 0 Å². The second-order valence-corrected chi connectivity index (χ2v) is 5.60. The first-order chi connectivity index (χ1) is 9.54. The zero-order chi connectivity index (χ0) is 14.5. The molecule has 0 aliphatic heterocycles. The molecule has 20 heavy (non-hydrogen) atoms. The fraction of sp³-hybridized carbons (Fsp3) is 0.294. The largest absolute Gasteiger partial charge is 0.457 e. The van der Waals surface area contributed by atoms with Gasteiger partial charge in [0.15, 0.2) is 0 Å². The first-order valence-corrected chi connectivity index (χ1v) is 7.19. The Morgan fingerprint density at radius 2 is 1.85 bits per heavy atom. The van der Waals surface area contributed by atoms with E-state index in [4.69, 9.17) is 16.3 Å². The molecule has 0 radical (unpaired) electrons. The summed E-state index contributed by atoms with van der Waals surface area (Å²) in [6.45, 7) is 7.08. The Hall–Kier alpha value is -1.51. The molecular formula is C17H20ClNO. The normalized spacial score (nSPS) is 10.8. The van der Waals surface area contributed by atoms with Gasteiger partial charge in [0.1, 0.15) is 11.5 Å². The lowest BCUT2D eigenvalue weighted by Crippen LogP contribution is -2.21. The molecule has 3 heteroatoms. The van der Waals surface area contributed by atoms with Gasteiger partial charge >= 0.3 is 0 Å². The molecule has 0 aromatic heterocycles. The molecule has 0 aliphatic carbocycles. The van der Waals surface area contributed by atoms with Crippen LogP contribution in [-0.4, -0.2) is 6.04 Å². The summed E-state index contributed by atoms with van der Waals surface area (Å²) in [5.74, 6) is 1.65. The topological polar surface area (TPSA) is 21.3 Å². The lowest BCUT2D eigenvalue weighted by atomic mass is 10.2. The van der Waals surface area contributed by atoms with Crippen LogP contribution in [0.15, 0.2) is 42.5 Å². The van der Waals surface area contributed by atoms with Gasteiger partial charge in [-0.2, -0.15) is 0 Å². The quantitative estimate of drug-likeness (QED) is 0.842. The van der Waals surface area contributed by atoms with Gasteiger partial charge in [0.2, 0.25) is 0 Å². The minimum Gasteiger partial charge on any atom is -0.457 e. The third-order valence-electron chi connectivity index (χ3n) is 2.98. The average Bonchev–Trinajstić information content (AvgIpc) is 2.41. The highest BCUT2D eigenvalue weighted by Gasteiger charge is 2.02. The van der Waals surface area contributed by atoms with Crippen LogP contribution in [0.5, 0.6) is 11.5 Å². The van der Waals surface area contributed by atoms with E-state index in [-0.39, 0.29) is 0 Å². The zero-order valence-corrected chi connectivity index (χ0v) is 12.9. The molecule has 0 unspecified atom stereocenters. The predicted octanol–water partition coefficient (Wildman–Crippen LogP) is 4.94. The van der Waals surface area contributed by atoms with E-state index in [9.17, 15) is 0 Å². The Morgan fingerprint density at radius 1 is 1.10 bits per heavy atom. The van der Waals surface area contributed by atoms with Crippen molar-refractivity contribution in [1.29, 1.82) is 0 Å². The number of hydrogen-bond donors (Lipinski definition) is 1. The molecule has 2 aromatic carbocycles. The molecule has 2 aromatic rings. The molecule has 106 valence electrons. The summed E-state index contributed by atoms with van der Waals surface area (Å²) < 4.78 is 5.88. The van der Waals surface area contributed by atoms with Crippen LogP contribution in [-0.2, 0) is 6.54 Å². The van der Waals surface area contributed by atoms with E-state index in [2.05, 4.69) is 31.3 Å². The van der Waals surface area contributed by atoms with Gasteiger partial charge in [0.25, 0.3) is 0 Å². The molecule has 0 amide bonds. The van der Waals surface area contributed by atoms with Crippen LogP contribution in [0.4, 0.5) is 0 Å². The molecule has 1 N–H and O–H groups in total. The summed E-state index contributed by atoms with van der Waals surface area (Å²) in [5.41, 5.74) is 2.23. The summed E-state index contributed by atoms with van der Waals surface area (Å²) >= 11 is 6.02. The Morgan fingerprint density at radius 3 is 2.55 bits per heavy atom. The highest BCUT2D eigenvalue weighted by molar-refractivity contribution is 6.31. The molecule has 0 aliphatic rings. The Balaban J connectivity index is 2.08. The Kier molecular flexibility index (Phi) is 5.05. The second-order valence-electron chi connectivity index (χ2n) is 5.20. The van der Waals surface area contributed by atoms with Crippen LogP contribution in [0.1, 0.15) is 25.0 Å². The van der Waals surface area contributed by atoms with Gasteiger partial charge in [-0.1, -0.05) is 37.6 Å². The molecule has 0 atom stereocenters. The van der Waals surface area contributed by atoms with E-state index in [0.29, 0.717) is 6.04 Å². The van der Waals surface area contributed by atoms with E-state index >= 15 is 0 Å². The van der Waals surface area contributed by atoms with Crippen LogP contribution in [0, 0.1) is 6.92 Å². The van der Waals surface area contributed by atoms with Gasteiger partial charge in [-0.15, -0.1) is 0 Å². The average molecular weight is 290 g/mol. The maximum absolute atomic E-state index is 6.02. The van der Waals surface area contributed by atoms with E-state index in [0.717, 1.165) is 28.6 Å². The summed E-state index contributed by atoms with van der Waals surface area (Å²) in [6.07, 6.45) is 0. The van der Waals surface area contributed by atoms with Gasteiger partial charge in [-0.05, 0) is 48.4 Å². The standard InChI is InChI=1S/C17H20ClNO/c1-12(2)19-11-14-5-4-6-15(10-14)20-16-7-8-17(18)13(3)9-16/h4-10,12,19H,11H2,1-3H3. The first-order valence-electron chi connectivity index (χ1n) is 6.81. The maximum atomic E-state index is 6.02. The Bertz CT molecular complexity index is 581. The zero-order valence-electron chi connectivity index (χ0n) is 12.1. The lowest BCUT2D eigenvalue weighted by molar-refractivity contribution is 0.480. The van der Waals surface area contributed by atoms with Gasteiger partial charge in [-0.25, -0.2) is 0 Å². The fourth-order valence-electron chi connectivity index (χ4n) is 1.86. The third-order valence-corrected chi connectivity index (χ3v) is 3.40. The molecule has 0 saturated carbocycles. The van der Waals surface area contributed by atoms with Gasteiger partial charge in [0.05, 0.1) is 0 Å². The summed E-state index contributed by atoms with van der Waals surface area (Å²) in [7, 11) is 0. The number of rotatable bonds is 5. The first kappa shape index (κ1) is 14.9. The number of benzene rings is 2. The number of nitrogens with one attached hydrogen (secondary N) is 1. The maximum Gasteiger partial charge on any atom is 0.127 e. The summed E-state index contributed by atoms with van der Waals surface area (Å²) in [6, 6.07) is 14.3. The molecule has 0 bridgehead atoms. The van der Waals surface area contributed by atoms with Crippen molar-refractivity contribution >= 4 is 11.6 Å². The van der Waals surface area contributed by atoms with Crippen molar-refractivity contribution in [1.82, 2.24) is 5.32 Å². The number of hydrogen-bond acceptors (Lipinski definition) is 2. The molecule has 0 saturated heterocycles. The highest BCUT2D eigenvalue weighted by atomic mass is 35.5. The highest BCUT2D eigenvalue weighted by Crippen LogP contribution is 2.26. The van der Waals surface area contributed by atoms with Crippen LogP contribution < -0.4 is 10.1 Å². The lowest BCUT2D eigenvalue weighted by Gasteiger charge is -2.11. The van der Waals surface area contributed by atoms with Crippen molar-refractivity contribution in [2.75, 3.05) is 0 Å². The van der Waals surface area contributed by atoms with Crippen molar-refractivity contribution < 1.29 is 4.74 Å². The monoisotopic (exact) mass is 289 g/mol. The van der Waals surface area contributed by atoms with Gasteiger partial charge < -0.3 is 10.1 Å². The van der Waals surface area contributed by atoms with E-state index in [1.165, 1.54) is 5.56 Å². The fourth-order valence-corrected chi connectivity index (χ4v) is 1.98. The molecule has 0 fully saturated rings. The van der Waals surface area contributed by atoms with Crippen LogP contribution in [0.25, 0.3) is 0 Å². The summed E-state index contributed by atoms with van der Waals surface area (Å²) in [5, 5.41) is 4.15. The second kappa shape index (κ2) is 6.78. The SMILES string of the molecule is Cc1cc(Oc2cccc(CNC(C)C)c2)ccc1Cl. The molecule has 0 heterocycles. The van der Waals surface area contributed by atoms with E-state index in [1.54, 1.807) is 0 Å². The predicted molar refractivity (Wildman–Crippen MR) is 84.7 cm³/mol. The van der Waals surface area contributed by atoms with Crippen LogP contribution >= 0.6 is 11.6 Å². The minimum absolute atomic E-state index is 0.471. The molecule has 2 rings (SSSR count). The van der Waals surface area contributed by atoms with Crippen molar-refractivity contribution in [2.45, 2.75) is 33.4 Å². The van der Waals surface area contributed by atoms with Crippen LogP contribution in [0.2, 0.25) is 5.02 Å². The van der Waals surface area contributed by atoms with Crippen LogP contribution in [0.3, 0.4) is 0 Å². The van der Waals surface area contributed by atoms with Crippen molar-refractivity contribution in [2.24, 2.45) is 0 Å². The number of halogens is 1.